The van der Waals surface area contributed by atoms with Crippen LogP contribution in [0.2, 0.25) is 0 Å². The number of benzene rings is 2. The van der Waals surface area contributed by atoms with Crippen LogP contribution in [-0.4, -0.2) is 54.2 Å². The van der Waals surface area contributed by atoms with E-state index in [-0.39, 0.29) is 37.4 Å². The number of ether oxygens (including phenoxy) is 1. The zero-order chi connectivity index (χ0) is 24.8. The number of carboxylic acid groups (broad SMARTS) is 1. The SMILES string of the molecule is CC1CN(C(=O)C2(CNC(=O)OCC3c4ccccc4-c4ccccc43)CCC2)CC1(C)C(=O)O. The van der Waals surface area contributed by atoms with E-state index in [2.05, 4.69) is 29.6 Å². The third-order valence-corrected chi connectivity index (χ3v) is 8.56. The minimum Gasteiger partial charge on any atom is -0.481 e. The van der Waals surface area contributed by atoms with Gasteiger partial charge in [-0.15, -0.1) is 0 Å². The Hall–Kier alpha value is -3.35. The number of alkyl carbamates (subject to hydrolysis) is 1. The number of carbonyl (C=O) groups is 3. The molecule has 0 radical (unpaired) electrons. The number of likely N-dealkylation sites (tertiary alicyclic amines) is 1. The number of amides is 2. The van der Waals surface area contributed by atoms with Gasteiger partial charge in [-0.3, -0.25) is 9.59 Å². The molecule has 35 heavy (non-hydrogen) atoms. The fraction of sp³-hybridized carbons (Fsp3) is 0.464. The van der Waals surface area contributed by atoms with Crippen LogP contribution in [0.3, 0.4) is 0 Å². The molecule has 2 unspecified atom stereocenters. The Morgan fingerprint density at radius 1 is 1.06 bits per heavy atom. The molecular weight excluding hydrogens is 444 g/mol. The normalized spacial score (nSPS) is 24.3. The summed E-state index contributed by atoms with van der Waals surface area (Å²) in [6.07, 6.45) is 1.75. The highest BCUT2D eigenvalue weighted by Gasteiger charge is 2.53. The number of carboxylic acids is 1. The van der Waals surface area contributed by atoms with E-state index in [1.54, 1.807) is 11.8 Å². The van der Waals surface area contributed by atoms with Crippen molar-refractivity contribution in [2.75, 3.05) is 26.2 Å². The van der Waals surface area contributed by atoms with Crippen LogP contribution in [0.4, 0.5) is 4.79 Å². The zero-order valence-electron chi connectivity index (χ0n) is 20.3. The van der Waals surface area contributed by atoms with Gasteiger partial charge >= 0.3 is 12.1 Å². The number of hydrogen-bond donors (Lipinski definition) is 2. The van der Waals surface area contributed by atoms with Crippen molar-refractivity contribution in [3.8, 4) is 11.1 Å². The second-order valence-corrected chi connectivity index (χ2v) is 10.6. The van der Waals surface area contributed by atoms with Crippen molar-refractivity contribution >= 4 is 18.0 Å². The van der Waals surface area contributed by atoms with Gasteiger partial charge in [0, 0.05) is 25.6 Å². The summed E-state index contributed by atoms with van der Waals surface area (Å²) < 4.78 is 5.64. The van der Waals surface area contributed by atoms with Crippen molar-refractivity contribution < 1.29 is 24.2 Å². The number of nitrogens with one attached hydrogen (secondary N) is 1. The van der Waals surface area contributed by atoms with Crippen LogP contribution >= 0.6 is 0 Å². The Labute approximate surface area is 205 Å². The van der Waals surface area contributed by atoms with Gasteiger partial charge in [0.25, 0.3) is 0 Å². The molecule has 1 saturated carbocycles. The molecular formula is C28H32N2O5. The molecule has 3 aliphatic rings. The van der Waals surface area contributed by atoms with Crippen LogP contribution in [0.15, 0.2) is 48.5 Å². The lowest BCUT2D eigenvalue weighted by Crippen LogP contribution is -2.53. The lowest BCUT2D eigenvalue weighted by Gasteiger charge is -2.42. The second-order valence-electron chi connectivity index (χ2n) is 10.6. The predicted octanol–water partition coefficient (Wildman–Crippen LogP) is 4.26. The van der Waals surface area contributed by atoms with Gasteiger partial charge in [0.05, 0.1) is 10.8 Å². The average molecular weight is 477 g/mol. The highest BCUT2D eigenvalue weighted by atomic mass is 16.5. The minimum atomic E-state index is -0.944. The molecule has 2 fully saturated rings. The molecule has 0 aromatic heterocycles. The third-order valence-electron chi connectivity index (χ3n) is 8.56. The van der Waals surface area contributed by atoms with Gasteiger partial charge < -0.3 is 20.1 Å². The first kappa shape index (κ1) is 23.4. The number of nitrogens with zero attached hydrogens (tertiary/aromatic N) is 1. The Morgan fingerprint density at radius 3 is 2.17 bits per heavy atom. The molecule has 184 valence electrons. The summed E-state index contributed by atoms with van der Waals surface area (Å²) in [5.41, 5.74) is 3.03. The van der Waals surface area contributed by atoms with Crippen LogP contribution in [0, 0.1) is 16.7 Å². The van der Waals surface area contributed by atoms with E-state index in [9.17, 15) is 19.5 Å². The summed E-state index contributed by atoms with van der Waals surface area (Å²) in [7, 11) is 0. The van der Waals surface area contributed by atoms with E-state index >= 15 is 0 Å². The fourth-order valence-corrected chi connectivity index (χ4v) is 5.88. The van der Waals surface area contributed by atoms with Crippen LogP contribution in [0.5, 0.6) is 0 Å². The van der Waals surface area contributed by atoms with Gasteiger partial charge in [-0.05, 0) is 47.9 Å². The summed E-state index contributed by atoms with van der Waals surface area (Å²) in [4.78, 5) is 39.5. The van der Waals surface area contributed by atoms with Gasteiger partial charge in [0.15, 0.2) is 0 Å². The summed E-state index contributed by atoms with van der Waals surface area (Å²) in [5, 5.41) is 12.5. The van der Waals surface area contributed by atoms with E-state index in [1.165, 1.54) is 11.1 Å². The summed E-state index contributed by atoms with van der Waals surface area (Å²) >= 11 is 0. The molecule has 2 N–H and O–H groups in total. The van der Waals surface area contributed by atoms with E-state index in [0.717, 1.165) is 17.5 Å². The van der Waals surface area contributed by atoms with Crippen LogP contribution < -0.4 is 5.32 Å². The minimum absolute atomic E-state index is 0.0211. The first-order chi connectivity index (χ1) is 16.7. The number of hydrogen-bond acceptors (Lipinski definition) is 4. The monoisotopic (exact) mass is 476 g/mol. The smallest absolute Gasteiger partial charge is 0.407 e. The summed E-state index contributed by atoms with van der Waals surface area (Å²) in [5.74, 6) is -1.08. The van der Waals surface area contributed by atoms with Gasteiger partial charge in [-0.25, -0.2) is 4.79 Å². The zero-order valence-corrected chi connectivity index (χ0v) is 20.3. The summed E-state index contributed by atoms with van der Waals surface area (Å²) in [6, 6.07) is 16.4. The first-order valence-corrected chi connectivity index (χ1v) is 12.4. The molecule has 2 atom stereocenters. The van der Waals surface area contributed by atoms with Crippen molar-refractivity contribution in [3.05, 3.63) is 59.7 Å². The predicted molar refractivity (Wildman–Crippen MR) is 131 cm³/mol. The molecule has 1 heterocycles. The maximum atomic E-state index is 13.4. The highest BCUT2D eigenvalue weighted by molar-refractivity contribution is 5.86. The van der Waals surface area contributed by atoms with Crippen molar-refractivity contribution in [3.63, 3.8) is 0 Å². The van der Waals surface area contributed by atoms with Gasteiger partial charge in [0.2, 0.25) is 5.91 Å². The molecule has 2 aliphatic carbocycles. The number of carbonyl (C=O) groups excluding carboxylic acids is 2. The molecule has 0 spiro atoms. The van der Waals surface area contributed by atoms with E-state index in [4.69, 9.17) is 4.74 Å². The second kappa shape index (κ2) is 8.70. The van der Waals surface area contributed by atoms with Crippen LogP contribution in [0.1, 0.15) is 50.2 Å². The lowest BCUT2D eigenvalue weighted by molar-refractivity contribution is -0.150. The molecule has 7 heteroatoms. The maximum Gasteiger partial charge on any atom is 0.407 e. The Bertz CT molecular complexity index is 1130. The first-order valence-electron chi connectivity index (χ1n) is 12.4. The molecule has 2 aromatic rings. The molecule has 0 bridgehead atoms. The van der Waals surface area contributed by atoms with Crippen molar-refractivity contribution in [2.45, 2.75) is 39.0 Å². The molecule has 1 saturated heterocycles. The Kier molecular flexibility index (Phi) is 5.82. The van der Waals surface area contributed by atoms with Crippen molar-refractivity contribution in [1.29, 1.82) is 0 Å². The standard InChI is InChI=1S/C28H32N2O5/c1-18-14-30(17-27(18,2)25(32)33)24(31)28(12-7-13-28)16-29-26(34)35-15-23-21-10-5-3-8-19(21)20-9-4-6-11-22(20)23/h3-6,8-11,18,23H,7,12-17H2,1-2H3,(H,29,34)(H,32,33). The van der Waals surface area contributed by atoms with Gasteiger partial charge in [-0.2, -0.15) is 0 Å². The average Bonchev–Trinajstić information content (AvgIpc) is 3.32. The van der Waals surface area contributed by atoms with Crippen LogP contribution in [0.25, 0.3) is 11.1 Å². The topological polar surface area (TPSA) is 95.9 Å². The maximum absolute atomic E-state index is 13.4. The fourth-order valence-electron chi connectivity index (χ4n) is 5.88. The molecule has 2 aromatic carbocycles. The number of fused-ring (bicyclic) bond motifs is 3. The lowest BCUT2D eigenvalue weighted by atomic mass is 9.67. The molecule has 2 amide bonds. The van der Waals surface area contributed by atoms with E-state index in [1.807, 2.05) is 31.2 Å². The van der Waals surface area contributed by atoms with Crippen LogP contribution in [-0.2, 0) is 14.3 Å². The Balaban J connectivity index is 1.21. The summed E-state index contributed by atoms with van der Waals surface area (Å²) in [6.45, 7) is 4.64. The van der Waals surface area contributed by atoms with Gasteiger partial charge in [-0.1, -0.05) is 61.9 Å². The van der Waals surface area contributed by atoms with E-state index in [0.29, 0.717) is 19.4 Å². The molecule has 5 rings (SSSR count). The third kappa shape index (κ3) is 3.87. The van der Waals surface area contributed by atoms with Crippen molar-refractivity contribution in [2.24, 2.45) is 16.7 Å². The quantitative estimate of drug-likeness (QED) is 0.649. The number of aliphatic carboxylic acids is 1. The molecule has 7 nitrogen and oxygen atoms in total. The van der Waals surface area contributed by atoms with Gasteiger partial charge in [0.1, 0.15) is 6.61 Å². The number of rotatable bonds is 6. The Morgan fingerprint density at radius 2 is 1.66 bits per heavy atom. The van der Waals surface area contributed by atoms with Crippen molar-refractivity contribution in [1.82, 2.24) is 10.2 Å². The largest absolute Gasteiger partial charge is 0.481 e. The molecule has 1 aliphatic heterocycles. The van der Waals surface area contributed by atoms with E-state index < -0.39 is 22.9 Å². The highest BCUT2D eigenvalue weighted by Crippen LogP contribution is 2.46.